The molecule has 0 saturated heterocycles. The molecule has 3 aromatic carbocycles. The molecule has 0 aliphatic rings. The van der Waals surface area contributed by atoms with Gasteiger partial charge in [-0.25, -0.2) is 0 Å². The Hall–Kier alpha value is -2.28. The van der Waals surface area contributed by atoms with Crippen LogP contribution in [0.4, 0.5) is 0 Å². The Morgan fingerprint density at radius 3 is 2.50 bits per heavy atom. The molecule has 0 heterocycles. The van der Waals surface area contributed by atoms with E-state index in [1.165, 1.54) is 16.3 Å². The fourth-order valence-corrected chi connectivity index (χ4v) is 2.05. The van der Waals surface area contributed by atoms with Crippen LogP contribution in [0.25, 0.3) is 10.8 Å². The van der Waals surface area contributed by atoms with Gasteiger partial charge in [-0.3, -0.25) is 0 Å². The van der Waals surface area contributed by atoms with E-state index >= 15 is 0 Å². The Balaban J connectivity index is 1.87. The van der Waals surface area contributed by atoms with Crippen LogP contribution in [-0.4, -0.2) is 0 Å². The maximum Gasteiger partial charge on any atom is 0.119 e. The van der Waals surface area contributed by atoms with Crippen LogP contribution in [0.3, 0.4) is 0 Å². The van der Waals surface area contributed by atoms with Crippen molar-refractivity contribution in [2.24, 2.45) is 0 Å². The van der Waals surface area contributed by atoms with Gasteiger partial charge in [-0.1, -0.05) is 54.6 Å². The van der Waals surface area contributed by atoms with Crippen molar-refractivity contribution in [3.8, 4) is 5.75 Å². The van der Waals surface area contributed by atoms with Gasteiger partial charge in [0.25, 0.3) is 0 Å². The van der Waals surface area contributed by atoms with E-state index in [2.05, 4.69) is 48.5 Å². The minimum absolute atomic E-state index is 0.589. The van der Waals surface area contributed by atoms with Gasteiger partial charge in [0.1, 0.15) is 12.4 Å². The molecule has 0 bridgehead atoms. The van der Waals surface area contributed by atoms with Gasteiger partial charge in [0.15, 0.2) is 0 Å². The van der Waals surface area contributed by atoms with E-state index < -0.39 is 0 Å². The van der Waals surface area contributed by atoms with Gasteiger partial charge in [0.2, 0.25) is 0 Å². The molecule has 0 aliphatic carbocycles. The molecule has 0 aliphatic heterocycles. The second-order valence-corrected chi connectivity index (χ2v) is 4.16. The molecule has 18 heavy (non-hydrogen) atoms. The molecule has 0 atom stereocenters. The maximum atomic E-state index is 5.78. The summed E-state index contributed by atoms with van der Waals surface area (Å²) in [7, 11) is 0. The number of benzene rings is 3. The highest BCUT2D eigenvalue weighted by Crippen LogP contribution is 2.20. The zero-order valence-electron chi connectivity index (χ0n) is 9.97. The lowest BCUT2D eigenvalue weighted by atomic mass is 10.1. The highest BCUT2D eigenvalue weighted by molar-refractivity contribution is 5.85. The summed E-state index contributed by atoms with van der Waals surface area (Å²) >= 11 is 0. The van der Waals surface area contributed by atoms with Crippen LogP contribution >= 0.6 is 0 Å². The maximum absolute atomic E-state index is 5.78. The monoisotopic (exact) mass is 233 g/mol. The van der Waals surface area contributed by atoms with E-state index in [0.29, 0.717) is 6.61 Å². The fraction of sp³-hybridized carbons (Fsp3) is 0.0588. The van der Waals surface area contributed by atoms with Crippen LogP contribution in [-0.2, 0) is 6.61 Å². The standard InChI is InChI=1S/C17H13O/c1-2-10-16(11-3-1)18-13-15-9-6-8-14-7-4-5-12-17(14)15/h2-12H,13H2. The topological polar surface area (TPSA) is 9.23 Å². The smallest absolute Gasteiger partial charge is 0.119 e. The molecule has 0 amide bonds. The van der Waals surface area contributed by atoms with Gasteiger partial charge in [0, 0.05) is 0 Å². The molecule has 0 aromatic heterocycles. The molecule has 1 radical (unpaired) electrons. The first-order chi connectivity index (χ1) is 8.93. The predicted octanol–water partition coefficient (Wildman–Crippen LogP) is 4.22. The SMILES string of the molecule is [c]1ccc(OCc2cccc3ccccc23)cc1. The van der Waals surface area contributed by atoms with Crippen molar-refractivity contribution in [3.05, 3.63) is 78.4 Å². The van der Waals surface area contributed by atoms with E-state index in [4.69, 9.17) is 4.74 Å². The van der Waals surface area contributed by atoms with Crippen LogP contribution in [0, 0.1) is 6.07 Å². The van der Waals surface area contributed by atoms with Crippen molar-refractivity contribution in [3.63, 3.8) is 0 Å². The van der Waals surface area contributed by atoms with E-state index in [0.717, 1.165) is 5.75 Å². The summed E-state index contributed by atoms with van der Waals surface area (Å²) in [6.45, 7) is 0.589. The lowest BCUT2D eigenvalue weighted by molar-refractivity contribution is 0.307. The molecular formula is C17H13O. The van der Waals surface area contributed by atoms with Crippen molar-refractivity contribution in [2.75, 3.05) is 0 Å². The van der Waals surface area contributed by atoms with Gasteiger partial charge in [-0.05, 0) is 34.5 Å². The Morgan fingerprint density at radius 1 is 0.833 bits per heavy atom. The van der Waals surface area contributed by atoms with E-state index in [1.54, 1.807) is 0 Å². The van der Waals surface area contributed by atoms with Crippen molar-refractivity contribution in [2.45, 2.75) is 6.61 Å². The highest BCUT2D eigenvalue weighted by Gasteiger charge is 2.00. The third-order valence-electron chi connectivity index (χ3n) is 2.96. The molecule has 0 unspecified atom stereocenters. The fourth-order valence-electron chi connectivity index (χ4n) is 2.05. The highest BCUT2D eigenvalue weighted by atomic mass is 16.5. The first kappa shape index (κ1) is 10.8. The molecule has 87 valence electrons. The molecule has 3 aromatic rings. The molecule has 0 fully saturated rings. The summed E-state index contributed by atoms with van der Waals surface area (Å²) in [5.74, 6) is 0.877. The van der Waals surface area contributed by atoms with Gasteiger partial charge < -0.3 is 4.74 Å². The van der Waals surface area contributed by atoms with Crippen molar-refractivity contribution >= 4 is 10.8 Å². The quantitative estimate of drug-likeness (QED) is 0.658. The van der Waals surface area contributed by atoms with Gasteiger partial charge in [-0.2, -0.15) is 0 Å². The zero-order valence-corrected chi connectivity index (χ0v) is 9.97. The minimum Gasteiger partial charge on any atom is -0.489 e. The molecule has 3 rings (SSSR count). The number of ether oxygens (including phenoxy) is 1. The van der Waals surface area contributed by atoms with E-state index in [9.17, 15) is 0 Å². The normalized spacial score (nSPS) is 10.4. The zero-order chi connectivity index (χ0) is 12.2. The minimum atomic E-state index is 0.589. The van der Waals surface area contributed by atoms with E-state index in [1.807, 2.05) is 24.3 Å². The predicted molar refractivity (Wildman–Crippen MR) is 73.6 cm³/mol. The second-order valence-electron chi connectivity index (χ2n) is 4.16. The van der Waals surface area contributed by atoms with Crippen LogP contribution < -0.4 is 4.74 Å². The van der Waals surface area contributed by atoms with Crippen molar-refractivity contribution < 1.29 is 4.74 Å². The van der Waals surface area contributed by atoms with Crippen LogP contribution in [0.1, 0.15) is 5.56 Å². The number of hydrogen-bond donors (Lipinski definition) is 0. The molecule has 1 heteroatoms. The number of fused-ring (bicyclic) bond motifs is 1. The van der Waals surface area contributed by atoms with Crippen LogP contribution in [0.2, 0.25) is 0 Å². The number of rotatable bonds is 3. The Morgan fingerprint density at radius 2 is 1.61 bits per heavy atom. The van der Waals surface area contributed by atoms with Gasteiger partial charge in [0.05, 0.1) is 0 Å². The first-order valence-electron chi connectivity index (χ1n) is 5.99. The van der Waals surface area contributed by atoms with Gasteiger partial charge >= 0.3 is 0 Å². The van der Waals surface area contributed by atoms with Gasteiger partial charge in [-0.15, -0.1) is 0 Å². The Labute approximate surface area is 107 Å². The average Bonchev–Trinajstić information content (AvgIpc) is 2.46. The third kappa shape index (κ3) is 2.21. The van der Waals surface area contributed by atoms with E-state index in [-0.39, 0.29) is 0 Å². The molecule has 0 spiro atoms. The van der Waals surface area contributed by atoms with Crippen molar-refractivity contribution in [1.82, 2.24) is 0 Å². The molecule has 0 saturated carbocycles. The molecule has 0 N–H and O–H groups in total. The summed E-state index contributed by atoms with van der Waals surface area (Å²) in [6.07, 6.45) is 0. The van der Waals surface area contributed by atoms with Crippen molar-refractivity contribution in [1.29, 1.82) is 0 Å². The lowest BCUT2D eigenvalue weighted by Crippen LogP contribution is -1.96. The molecular weight excluding hydrogens is 220 g/mol. The summed E-state index contributed by atoms with van der Waals surface area (Å²) in [6, 6.07) is 25.2. The lowest BCUT2D eigenvalue weighted by Gasteiger charge is -2.08. The summed E-state index contributed by atoms with van der Waals surface area (Å²) < 4.78 is 5.78. The van der Waals surface area contributed by atoms with Crippen LogP contribution in [0.15, 0.2) is 66.7 Å². The average molecular weight is 233 g/mol. The largest absolute Gasteiger partial charge is 0.489 e. The summed E-state index contributed by atoms with van der Waals surface area (Å²) in [4.78, 5) is 0. The first-order valence-corrected chi connectivity index (χ1v) is 5.99. The summed E-state index contributed by atoms with van der Waals surface area (Å²) in [5.41, 5.74) is 1.21. The third-order valence-corrected chi connectivity index (χ3v) is 2.96. The summed E-state index contributed by atoms with van der Waals surface area (Å²) in [5, 5.41) is 2.50. The Kier molecular flexibility index (Phi) is 2.97. The number of hydrogen-bond acceptors (Lipinski definition) is 1. The molecule has 1 nitrogen and oxygen atoms in total. The van der Waals surface area contributed by atoms with Crippen LogP contribution in [0.5, 0.6) is 5.75 Å². The second kappa shape index (κ2) is 4.92. The Bertz CT molecular complexity index is 639.